The number of piperidine rings is 1. The molecule has 98 valence electrons. The molecule has 0 saturated carbocycles. The summed E-state index contributed by atoms with van der Waals surface area (Å²) in [5.74, 6) is 0.185. The van der Waals surface area contributed by atoms with E-state index in [9.17, 15) is 8.42 Å². The molecule has 5 nitrogen and oxygen atoms in total. The number of hydrogen-bond acceptors (Lipinski definition) is 3. The fourth-order valence-corrected chi connectivity index (χ4v) is 2.94. The second kappa shape index (κ2) is 7.45. The Morgan fingerprint density at radius 1 is 1.31 bits per heavy atom. The molecule has 0 bridgehead atoms. The monoisotopic (exact) mass is 271 g/mol. The molecule has 0 amide bonds. The van der Waals surface area contributed by atoms with Gasteiger partial charge in [0, 0.05) is 19.6 Å². The lowest BCUT2D eigenvalue weighted by atomic mass is 10.2. The number of nitrogens with one attached hydrogen (secondary N) is 1. The maximum atomic E-state index is 11.8. The molecule has 1 atom stereocenters. The van der Waals surface area contributed by atoms with Crippen molar-refractivity contribution < 1.29 is 8.42 Å². The summed E-state index contributed by atoms with van der Waals surface area (Å²) in [5, 5.41) is 0. The molecule has 0 aliphatic carbocycles. The predicted molar refractivity (Wildman–Crippen MR) is 67.8 cm³/mol. The van der Waals surface area contributed by atoms with Gasteiger partial charge >= 0.3 is 0 Å². The van der Waals surface area contributed by atoms with Gasteiger partial charge in [-0.1, -0.05) is 13.3 Å². The van der Waals surface area contributed by atoms with Crippen molar-refractivity contribution in [3.05, 3.63) is 0 Å². The van der Waals surface area contributed by atoms with E-state index in [2.05, 4.69) is 4.72 Å². The summed E-state index contributed by atoms with van der Waals surface area (Å²) < 4.78 is 27.7. The molecule has 1 aliphatic rings. The van der Waals surface area contributed by atoms with E-state index in [4.69, 9.17) is 5.73 Å². The molecule has 1 fully saturated rings. The molecule has 1 rings (SSSR count). The maximum Gasteiger partial charge on any atom is 0.279 e. The van der Waals surface area contributed by atoms with Crippen LogP contribution in [0.5, 0.6) is 0 Å². The van der Waals surface area contributed by atoms with Crippen molar-refractivity contribution in [2.24, 2.45) is 11.7 Å². The van der Waals surface area contributed by atoms with Crippen LogP contribution in [-0.4, -0.2) is 38.9 Å². The van der Waals surface area contributed by atoms with Gasteiger partial charge in [-0.3, -0.25) is 0 Å². The van der Waals surface area contributed by atoms with Crippen molar-refractivity contribution in [3.63, 3.8) is 0 Å². The molecular weight excluding hydrogens is 250 g/mol. The van der Waals surface area contributed by atoms with E-state index in [0.717, 1.165) is 19.3 Å². The van der Waals surface area contributed by atoms with Crippen molar-refractivity contribution in [3.8, 4) is 0 Å². The topological polar surface area (TPSA) is 75.4 Å². The highest BCUT2D eigenvalue weighted by Gasteiger charge is 2.23. The molecule has 0 aromatic rings. The summed E-state index contributed by atoms with van der Waals surface area (Å²) in [5.41, 5.74) is 5.43. The smallest absolute Gasteiger partial charge is 0.279 e. The third-order valence-corrected chi connectivity index (χ3v) is 4.25. The molecule has 0 spiro atoms. The van der Waals surface area contributed by atoms with Crippen molar-refractivity contribution >= 4 is 22.6 Å². The van der Waals surface area contributed by atoms with Crippen LogP contribution in [-0.2, 0) is 10.2 Å². The maximum absolute atomic E-state index is 11.8. The molecule has 1 saturated heterocycles. The van der Waals surface area contributed by atoms with Crippen LogP contribution in [0.25, 0.3) is 0 Å². The van der Waals surface area contributed by atoms with Crippen LogP contribution in [0.3, 0.4) is 0 Å². The van der Waals surface area contributed by atoms with Gasteiger partial charge in [0.2, 0.25) is 0 Å². The average Bonchev–Trinajstić information content (AvgIpc) is 2.27. The first-order valence-corrected chi connectivity index (χ1v) is 6.95. The zero-order valence-electron chi connectivity index (χ0n) is 9.68. The Bertz CT molecular complexity index is 278. The van der Waals surface area contributed by atoms with Gasteiger partial charge in [-0.05, 0) is 25.3 Å². The molecule has 3 N–H and O–H groups in total. The highest BCUT2D eigenvalue weighted by Crippen LogP contribution is 2.11. The Hall–Kier alpha value is 0.120. The fraction of sp³-hybridized carbons (Fsp3) is 1.00. The van der Waals surface area contributed by atoms with Crippen LogP contribution < -0.4 is 10.5 Å². The van der Waals surface area contributed by atoms with Crippen LogP contribution >= 0.6 is 12.4 Å². The molecule has 7 heteroatoms. The lowest BCUT2D eigenvalue weighted by Crippen LogP contribution is -2.45. The SMILES string of the molecule is CC(CN)CNS(=O)(=O)N1CCCCC1.Cl. The molecule has 1 heterocycles. The summed E-state index contributed by atoms with van der Waals surface area (Å²) >= 11 is 0. The van der Waals surface area contributed by atoms with Gasteiger partial charge < -0.3 is 5.73 Å². The van der Waals surface area contributed by atoms with Crippen LogP contribution in [0, 0.1) is 5.92 Å². The summed E-state index contributed by atoms with van der Waals surface area (Å²) in [7, 11) is -3.26. The molecule has 1 aliphatic heterocycles. The van der Waals surface area contributed by atoms with E-state index in [1.54, 1.807) is 0 Å². The van der Waals surface area contributed by atoms with Crippen LogP contribution in [0.1, 0.15) is 26.2 Å². The summed E-state index contributed by atoms with van der Waals surface area (Å²) in [6.45, 7) is 4.15. The Labute approximate surface area is 104 Å². The second-order valence-corrected chi connectivity index (χ2v) is 5.91. The van der Waals surface area contributed by atoms with Gasteiger partial charge in [0.15, 0.2) is 0 Å². The number of rotatable bonds is 5. The molecule has 1 unspecified atom stereocenters. The van der Waals surface area contributed by atoms with E-state index in [-0.39, 0.29) is 18.3 Å². The van der Waals surface area contributed by atoms with Crippen LogP contribution in [0.15, 0.2) is 0 Å². The standard InChI is InChI=1S/C9H21N3O2S.ClH/c1-9(7-10)8-11-15(13,14)12-5-3-2-4-6-12;/h9,11H,2-8,10H2,1H3;1H. The lowest BCUT2D eigenvalue weighted by molar-refractivity contribution is 0.340. The zero-order valence-corrected chi connectivity index (χ0v) is 11.3. The Morgan fingerprint density at radius 2 is 1.88 bits per heavy atom. The van der Waals surface area contributed by atoms with Gasteiger partial charge in [0.25, 0.3) is 10.2 Å². The third kappa shape index (κ3) is 4.97. The Balaban J connectivity index is 0.00000225. The number of halogens is 1. The highest BCUT2D eigenvalue weighted by molar-refractivity contribution is 7.87. The van der Waals surface area contributed by atoms with E-state index in [1.165, 1.54) is 4.31 Å². The van der Waals surface area contributed by atoms with Gasteiger partial charge in [-0.25, -0.2) is 4.72 Å². The minimum atomic E-state index is -3.26. The van der Waals surface area contributed by atoms with E-state index < -0.39 is 10.2 Å². The Kier molecular flexibility index (Phi) is 7.50. The van der Waals surface area contributed by atoms with Gasteiger partial charge in [-0.15, -0.1) is 12.4 Å². The van der Waals surface area contributed by atoms with Crippen LogP contribution in [0.4, 0.5) is 0 Å². The third-order valence-electron chi connectivity index (χ3n) is 2.67. The highest BCUT2D eigenvalue weighted by atomic mass is 35.5. The molecule has 0 radical (unpaired) electrons. The normalized spacial score (nSPS) is 20.1. The molecular formula is C9H22ClN3O2S. The van der Waals surface area contributed by atoms with Gasteiger partial charge in [0.05, 0.1) is 0 Å². The van der Waals surface area contributed by atoms with Crippen molar-refractivity contribution in [2.75, 3.05) is 26.2 Å². The van der Waals surface area contributed by atoms with Crippen molar-refractivity contribution in [2.45, 2.75) is 26.2 Å². The molecule has 0 aromatic carbocycles. The van der Waals surface area contributed by atoms with Crippen LogP contribution in [0.2, 0.25) is 0 Å². The first kappa shape index (κ1) is 16.1. The Morgan fingerprint density at radius 3 is 2.38 bits per heavy atom. The summed E-state index contributed by atoms with van der Waals surface area (Å²) in [6.07, 6.45) is 3.06. The summed E-state index contributed by atoms with van der Waals surface area (Å²) in [6, 6.07) is 0. The molecule has 0 aromatic heterocycles. The number of hydrogen-bond donors (Lipinski definition) is 2. The largest absolute Gasteiger partial charge is 0.330 e. The van der Waals surface area contributed by atoms with Gasteiger partial charge in [-0.2, -0.15) is 12.7 Å². The molecule has 16 heavy (non-hydrogen) atoms. The fourth-order valence-electron chi connectivity index (χ4n) is 1.53. The first-order valence-electron chi connectivity index (χ1n) is 5.51. The first-order chi connectivity index (χ1) is 7.06. The summed E-state index contributed by atoms with van der Waals surface area (Å²) in [4.78, 5) is 0. The number of nitrogens with two attached hydrogens (primary N) is 1. The second-order valence-electron chi connectivity index (χ2n) is 4.15. The minimum Gasteiger partial charge on any atom is -0.330 e. The van der Waals surface area contributed by atoms with E-state index in [0.29, 0.717) is 26.2 Å². The lowest BCUT2D eigenvalue weighted by Gasteiger charge is -2.26. The van der Waals surface area contributed by atoms with E-state index >= 15 is 0 Å². The minimum absolute atomic E-state index is 0. The zero-order chi connectivity index (χ0) is 11.3. The van der Waals surface area contributed by atoms with E-state index in [1.807, 2.05) is 6.92 Å². The average molecular weight is 272 g/mol. The van der Waals surface area contributed by atoms with Crippen molar-refractivity contribution in [1.29, 1.82) is 0 Å². The van der Waals surface area contributed by atoms with Crippen molar-refractivity contribution in [1.82, 2.24) is 9.03 Å². The van der Waals surface area contributed by atoms with Gasteiger partial charge in [0.1, 0.15) is 0 Å². The number of nitrogens with zero attached hydrogens (tertiary/aromatic N) is 1. The predicted octanol–water partition coefficient (Wildman–Crippen LogP) is 0.323. The quantitative estimate of drug-likeness (QED) is 0.756.